The number of benzene rings is 2. The number of hydrogen-bond acceptors (Lipinski definition) is 4. The van der Waals surface area contributed by atoms with E-state index in [0.717, 1.165) is 5.56 Å². The number of alkyl halides is 3. The molecule has 1 atom stereocenters. The van der Waals surface area contributed by atoms with Gasteiger partial charge in [0.15, 0.2) is 0 Å². The molecule has 0 saturated carbocycles. The summed E-state index contributed by atoms with van der Waals surface area (Å²) in [6.45, 7) is 1.96. The SMILES string of the molecule is CCC(=O)NCc1ccc(C2=NOC(c3cc(Cl)cc(Cl)c3)(C(F)(F)F)C2)cc1-c1ccc(Cl)nc1. The lowest BCUT2D eigenvalue weighted by molar-refractivity contribution is -0.275. The Bertz CT molecular complexity index is 1310. The lowest BCUT2D eigenvalue weighted by Gasteiger charge is -2.29. The van der Waals surface area contributed by atoms with Crippen LogP contribution in [0.5, 0.6) is 0 Å². The Labute approximate surface area is 220 Å². The first-order chi connectivity index (χ1) is 17.0. The normalized spacial score (nSPS) is 17.5. The third kappa shape index (κ3) is 5.31. The van der Waals surface area contributed by atoms with Crippen molar-refractivity contribution in [1.29, 1.82) is 0 Å². The summed E-state index contributed by atoms with van der Waals surface area (Å²) < 4.78 is 43.1. The Balaban J connectivity index is 1.74. The number of carbonyl (C=O) groups is 1. The summed E-state index contributed by atoms with van der Waals surface area (Å²) >= 11 is 17.9. The zero-order valence-electron chi connectivity index (χ0n) is 18.8. The van der Waals surface area contributed by atoms with Crippen LogP contribution in [0.3, 0.4) is 0 Å². The molecule has 36 heavy (non-hydrogen) atoms. The lowest BCUT2D eigenvalue weighted by Crippen LogP contribution is -2.42. The van der Waals surface area contributed by atoms with E-state index in [2.05, 4.69) is 15.5 Å². The second-order valence-electron chi connectivity index (χ2n) is 8.16. The predicted octanol–water partition coefficient (Wildman–Crippen LogP) is 7.32. The number of hydrogen-bond donors (Lipinski definition) is 1. The van der Waals surface area contributed by atoms with Crippen molar-refractivity contribution in [1.82, 2.24) is 10.3 Å². The molecule has 1 aliphatic heterocycles. The van der Waals surface area contributed by atoms with Crippen LogP contribution in [0.2, 0.25) is 15.2 Å². The van der Waals surface area contributed by atoms with Crippen molar-refractivity contribution in [2.75, 3.05) is 0 Å². The molecular weight excluding hydrogens is 538 g/mol. The van der Waals surface area contributed by atoms with Gasteiger partial charge in [-0.3, -0.25) is 4.79 Å². The molecule has 11 heteroatoms. The molecule has 2 heterocycles. The van der Waals surface area contributed by atoms with Gasteiger partial charge in [-0.1, -0.05) is 59.0 Å². The number of rotatable bonds is 6. The number of nitrogens with one attached hydrogen (secondary N) is 1. The highest BCUT2D eigenvalue weighted by Gasteiger charge is 2.62. The fourth-order valence-corrected chi connectivity index (χ4v) is 4.52. The topological polar surface area (TPSA) is 63.6 Å². The van der Waals surface area contributed by atoms with E-state index in [4.69, 9.17) is 39.6 Å². The molecule has 0 bridgehead atoms. The van der Waals surface area contributed by atoms with Crippen LogP contribution in [0.15, 0.2) is 59.9 Å². The highest BCUT2D eigenvalue weighted by atomic mass is 35.5. The minimum absolute atomic E-state index is 0.0502. The molecule has 0 spiro atoms. The average Bonchev–Trinajstić information content (AvgIpc) is 3.30. The van der Waals surface area contributed by atoms with Gasteiger partial charge in [-0.15, -0.1) is 0 Å². The van der Waals surface area contributed by atoms with Crippen LogP contribution in [-0.2, 0) is 21.8 Å². The van der Waals surface area contributed by atoms with Crippen molar-refractivity contribution in [3.8, 4) is 11.1 Å². The standard InChI is InChI=1S/C25H19Cl3F3N3O2/c1-2-23(35)33-13-15-4-3-14(7-20(15)16-5-6-22(28)32-12-16)21-11-24(36-34-21,25(29,30)31)17-8-18(26)10-19(27)9-17/h3-10,12H,2,11,13H2,1H3,(H,33,35). The summed E-state index contributed by atoms with van der Waals surface area (Å²) in [5, 5.41) is 7.03. The van der Waals surface area contributed by atoms with E-state index in [-0.39, 0.29) is 33.8 Å². The van der Waals surface area contributed by atoms with E-state index in [0.29, 0.717) is 28.3 Å². The van der Waals surface area contributed by atoms with E-state index < -0.39 is 18.2 Å². The van der Waals surface area contributed by atoms with Crippen LogP contribution in [0.1, 0.15) is 36.5 Å². The number of oxime groups is 1. The van der Waals surface area contributed by atoms with Crippen LogP contribution >= 0.6 is 34.8 Å². The highest BCUT2D eigenvalue weighted by Crippen LogP contribution is 2.50. The molecule has 1 amide bonds. The molecule has 0 aliphatic carbocycles. The van der Waals surface area contributed by atoms with Gasteiger partial charge in [0.25, 0.3) is 5.60 Å². The molecule has 1 unspecified atom stereocenters. The van der Waals surface area contributed by atoms with Crippen LogP contribution in [0.4, 0.5) is 13.2 Å². The van der Waals surface area contributed by atoms with Gasteiger partial charge in [0.05, 0.1) is 5.71 Å². The first-order valence-electron chi connectivity index (χ1n) is 10.8. The van der Waals surface area contributed by atoms with E-state index >= 15 is 0 Å². The molecule has 1 aliphatic rings. The van der Waals surface area contributed by atoms with Crippen molar-refractivity contribution < 1.29 is 22.8 Å². The number of nitrogens with zero attached hydrogens (tertiary/aromatic N) is 2. The summed E-state index contributed by atoms with van der Waals surface area (Å²) in [4.78, 5) is 21.0. The fourth-order valence-electron chi connectivity index (χ4n) is 3.88. The van der Waals surface area contributed by atoms with Gasteiger partial charge in [0.1, 0.15) is 5.15 Å². The van der Waals surface area contributed by atoms with E-state index in [9.17, 15) is 18.0 Å². The largest absolute Gasteiger partial charge is 0.435 e. The molecule has 188 valence electrons. The molecule has 1 N–H and O–H groups in total. The highest BCUT2D eigenvalue weighted by molar-refractivity contribution is 6.34. The van der Waals surface area contributed by atoms with E-state index in [1.54, 1.807) is 43.5 Å². The van der Waals surface area contributed by atoms with Crippen molar-refractivity contribution in [3.63, 3.8) is 0 Å². The van der Waals surface area contributed by atoms with Crippen LogP contribution in [0, 0.1) is 0 Å². The maximum atomic E-state index is 14.4. The van der Waals surface area contributed by atoms with Crippen LogP contribution in [0.25, 0.3) is 11.1 Å². The number of aromatic nitrogens is 1. The van der Waals surface area contributed by atoms with Crippen molar-refractivity contribution in [2.45, 2.75) is 38.1 Å². The molecule has 3 aromatic rings. The zero-order chi connectivity index (χ0) is 26.1. The molecule has 1 aromatic heterocycles. The third-order valence-corrected chi connectivity index (χ3v) is 6.45. The van der Waals surface area contributed by atoms with E-state index in [1.165, 1.54) is 18.2 Å². The maximum Gasteiger partial charge on any atom is 0.435 e. The lowest BCUT2D eigenvalue weighted by atomic mass is 9.86. The first-order valence-corrected chi connectivity index (χ1v) is 12.0. The minimum Gasteiger partial charge on any atom is -0.374 e. The monoisotopic (exact) mass is 555 g/mol. The summed E-state index contributed by atoms with van der Waals surface area (Å²) in [5.74, 6) is -0.136. The van der Waals surface area contributed by atoms with Gasteiger partial charge in [0.2, 0.25) is 5.91 Å². The molecule has 2 aromatic carbocycles. The first kappa shape index (κ1) is 26.3. The molecule has 0 fully saturated rings. The quantitative estimate of drug-likeness (QED) is 0.324. The van der Waals surface area contributed by atoms with Crippen LogP contribution < -0.4 is 5.32 Å². The Morgan fingerprint density at radius 2 is 1.75 bits per heavy atom. The second kappa shape index (κ2) is 10.3. The summed E-state index contributed by atoms with van der Waals surface area (Å²) in [7, 11) is 0. The van der Waals surface area contributed by atoms with Crippen LogP contribution in [-0.4, -0.2) is 22.8 Å². The average molecular weight is 557 g/mol. The molecule has 0 saturated heterocycles. The molecular formula is C25H19Cl3F3N3O2. The van der Waals surface area contributed by atoms with Gasteiger partial charge in [-0.05, 0) is 47.5 Å². The summed E-state index contributed by atoms with van der Waals surface area (Å²) in [5.41, 5.74) is -0.399. The molecule has 0 radical (unpaired) electrons. The Hall–Kier alpha value is -2.81. The van der Waals surface area contributed by atoms with Crippen molar-refractivity contribution >= 4 is 46.4 Å². The van der Waals surface area contributed by atoms with E-state index in [1.807, 2.05) is 0 Å². The number of halogens is 6. The number of amides is 1. The second-order valence-corrected chi connectivity index (χ2v) is 9.42. The molecule has 4 rings (SSSR count). The number of carbonyl (C=O) groups excluding carboxylic acids is 1. The zero-order valence-corrected chi connectivity index (χ0v) is 21.1. The van der Waals surface area contributed by atoms with Gasteiger partial charge in [-0.2, -0.15) is 13.2 Å². The van der Waals surface area contributed by atoms with Gasteiger partial charge in [-0.25, -0.2) is 4.98 Å². The summed E-state index contributed by atoms with van der Waals surface area (Å²) in [6.07, 6.45) is -3.53. The maximum absolute atomic E-state index is 14.4. The Morgan fingerprint density at radius 1 is 1.06 bits per heavy atom. The van der Waals surface area contributed by atoms with Crippen molar-refractivity contribution in [2.24, 2.45) is 5.16 Å². The third-order valence-electron chi connectivity index (χ3n) is 5.79. The van der Waals surface area contributed by atoms with Gasteiger partial charge < -0.3 is 10.2 Å². The van der Waals surface area contributed by atoms with Gasteiger partial charge in [0, 0.05) is 52.3 Å². The summed E-state index contributed by atoms with van der Waals surface area (Å²) in [6, 6.07) is 12.1. The minimum atomic E-state index is -4.81. The fraction of sp³-hybridized carbons (Fsp3) is 0.240. The smallest absolute Gasteiger partial charge is 0.374 e. The predicted molar refractivity (Wildman–Crippen MR) is 133 cm³/mol. The van der Waals surface area contributed by atoms with Crippen molar-refractivity contribution in [3.05, 3.63) is 86.6 Å². The van der Waals surface area contributed by atoms with Gasteiger partial charge >= 0.3 is 6.18 Å². The molecule has 5 nitrogen and oxygen atoms in total. The Kier molecular flexibility index (Phi) is 7.50. The Morgan fingerprint density at radius 3 is 2.36 bits per heavy atom. The number of pyridine rings is 1.